The van der Waals surface area contributed by atoms with E-state index in [0.29, 0.717) is 24.8 Å². The monoisotopic (exact) mass is 310 g/mol. The summed E-state index contributed by atoms with van der Waals surface area (Å²) in [6.07, 6.45) is 5.99. The summed E-state index contributed by atoms with van der Waals surface area (Å²) in [5.74, 6) is 1.27. The molecule has 0 spiro atoms. The van der Waals surface area contributed by atoms with Crippen molar-refractivity contribution in [3.63, 3.8) is 0 Å². The Hall–Kier alpha value is -2.35. The summed E-state index contributed by atoms with van der Waals surface area (Å²) in [5, 5.41) is 17.5. The molecular weight excluding hydrogens is 288 g/mol. The zero-order valence-corrected chi connectivity index (χ0v) is 13.5. The third kappa shape index (κ3) is 3.70. The van der Waals surface area contributed by atoms with Crippen LogP contribution in [0.3, 0.4) is 0 Å². The van der Waals surface area contributed by atoms with E-state index in [4.69, 9.17) is 4.74 Å². The minimum atomic E-state index is 0.410. The van der Waals surface area contributed by atoms with Crippen molar-refractivity contribution in [1.82, 2.24) is 15.0 Å². The van der Waals surface area contributed by atoms with E-state index in [0.717, 1.165) is 24.3 Å². The molecule has 5 heteroatoms. The number of hydrogen-bond acceptors (Lipinski definition) is 4. The summed E-state index contributed by atoms with van der Waals surface area (Å²) >= 11 is 0. The van der Waals surface area contributed by atoms with Gasteiger partial charge in [0.05, 0.1) is 12.2 Å². The van der Waals surface area contributed by atoms with Crippen LogP contribution in [-0.2, 0) is 6.54 Å². The largest absolute Gasteiger partial charge is 0.492 e. The number of benzene rings is 1. The van der Waals surface area contributed by atoms with Crippen molar-refractivity contribution in [2.24, 2.45) is 0 Å². The third-order valence-corrected chi connectivity index (χ3v) is 4.46. The first-order valence-electron chi connectivity index (χ1n) is 8.31. The molecule has 0 atom stereocenters. The average molecular weight is 310 g/mol. The Morgan fingerprint density at radius 2 is 1.96 bits per heavy atom. The molecule has 0 amide bonds. The van der Waals surface area contributed by atoms with Crippen LogP contribution >= 0.6 is 0 Å². The Balaban J connectivity index is 1.66. The molecule has 1 aliphatic carbocycles. The first kappa shape index (κ1) is 15.5. The predicted molar refractivity (Wildman–Crippen MR) is 87.2 cm³/mol. The summed E-state index contributed by atoms with van der Waals surface area (Å²) in [6, 6.07) is 10.2. The molecular formula is C18H22N4O. The lowest BCUT2D eigenvalue weighted by Gasteiger charge is -2.22. The molecule has 0 bridgehead atoms. The lowest BCUT2D eigenvalue weighted by molar-refractivity contribution is 0.283. The maximum atomic E-state index is 9.29. The lowest BCUT2D eigenvalue weighted by Crippen LogP contribution is -2.16. The molecule has 0 aliphatic heterocycles. The molecule has 0 saturated heterocycles. The zero-order chi connectivity index (χ0) is 16.1. The highest BCUT2D eigenvalue weighted by Crippen LogP contribution is 2.33. The van der Waals surface area contributed by atoms with Gasteiger partial charge in [0.2, 0.25) is 0 Å². The van der Waals surface area contributed by atoms with E-state index < -0.39 is 0 Å². The van der Waals surface area contributed by atoms with Crippen LogP contribution in [-0.4, -0.2) is 21.6 Å². The van der Waals surface area contributed by atoms with Crippen molar-refractivity contribution in [3.05, 3.63) is 41.2 Å². The molecule has 1 aromatic carbocycles. The first-order chi connectivity index (χ1) is 11.3. The lowest BCUT2D eigenvalue weighted by atomic mass is 9.86. The van der Waals surface area contributed by atoms with Gasteiger partial charge >= 0.3 is 0 Å². The molecule has 2 aromatic rings. The summed E-state index contributed by atoms with van der Waals surface area (Å²) in [6.45, 7) is 3.20. The van der Waals surface area contributed by atoms with Gasteiger partial charge in [0.25, 0.3) is 0 Å². The van der Waals surface area contributed by atoms with E-state index in [1.54, 1.807) is 0 Å². The number of nitrogens with zero attached hydrogens (tertiary/aromatic N) is 4. The molecule has 0 radical (unpaired) electrons. The van der Waals surface area contributed by atoms with Gasteiger partial charge in [-0.1, -0.05) is 42.2 Å². The van der Waals surface area contributed by atoms with E-state index in [1.807, 2.05) is 28.9 Å². The first-order valence-corrected chi connectivity index (χ1v) is 8.31. The van der Waals surface area contributed by atoms with Crippen LogP contribution in [0, 0.1) is 18.3 Å². The topological polar surface area (TPSA) is 63.7 Å². The number of ether oxygens (including phenoxy) is 1. The van der Waals surface area contributed by atoms with E-state index in [2.05, 4.69) is 23.3 Å². The predicted octanol–water partition coefficient (Wildman–Crippen LogP) is 3.58. The molecule has 1 saturated carbocycles. The van der Waals surface area contributed by atoms with E-state index in [9.17, 15) is 5.26 Å². The fourth-order valence-electron chi connectivity index (χ4n) is 3.23. The fraction of sp³-hybridized carbons (Fsp3) is 0.500. The van der Waals surface area contributed by atoms with Gasteiger partial charge in [-0.3, -0.25) is 0 Å². The van der Waals surface area contributed by atoms with Crippen LogP contribution in [0.5, 0.6) is 5.75 Å². The molecule has 1 aliphatic rings. The molecule has 3 rings (SSSR count). The van der Waals surface area contributed by atoms with Crippen molar-refractivity contribution in [2.75, 3.05) is 6.61 Å². The Bertz CT molecular complexity index is 678. The van der Waals surface area contributed by atoms with Crippen LogP contribution in [0.15, 0.2) is 24.3 Å². The molecule has 0 unspecified atom stereocenters. The Kier molecular flexibility index (Phi) is 4.92. The van der Waals surface area contributed by atoms with Crippen molar-refractivity contribution < 1.29 is 4.74 Å². The Morgan fingerprint density at radius 3 is 2.65 bits per heavy atom. The van der Waals surface area contributed by atoms with Crippen LogP contribution < -0.4 is 4.74 Å². The maximum Gasteiger partial charge on any atom is 0.186 e. The van der Waals surface area contributed by atoms with Crippen molar-refractivity contribution >= 4 is 0 Å². The van der Waals surface area contributed by atoms with Gasteiger partial charge < -0.3 is 4.74 Å². The van der Waals surface area contributed by atoms with Crippen molar-refractivity contribution in [3.8, 4) is 11.8 Å². The third-order valence-electron chi connectivity index (χ3n) is 4.46. The maximum absolute atomic E-state index is 9.29. The summed E-state index contributed by atoms with van der Waals surface area (Å²) < 4.78 is 7.64. The number of rotatable bonds is 5. The van der Waals surface area contributed by atoms with Crippen LogP contribution in [0.4, 0.5) is 0 Å². The Labute approximate surface area is 136 Å². The smallest absolute Gasteiger partial charge is 0.186 e. The van der Waals surface area contributed by atoms with Crippen LogP contribution in [0.1, 0.15) is 55.0 Å². The van der Waals surface area contributed by atoms with Gasteiger partial charge in [0.1, 0.15) is 18.4 Å². The van der Waals surface area contributed by atoms with Gasteiger partial charge in [-0.05, 0) is 31.9 Å². The van der Waals surface area contributed by atoms with Gasteiger partial charge in [-0.15, -0.1) is 5.10 Å². The highest BCUT2D eigenvalue weighted by molar-refractivity contribution is 5.28. The van der Waals surface area contributed by atoms with Crippen LogP contribution in [0.2, 0.25) is 0 Å². The molecule has 5 nitrogen and oxygen atoms in total. The number of aromatic nitrogens is 3. The number of aryl methyl sites for hydroxylation is 1. The molecule has 1 heterocycles. The zero-order valence-electron chi connectivity index (χ0n) is 13.5. The van der Waals surface area contributed by atoms with E-state index in [-0.39, 0.29) is 0 Å². The normalized spacial score (nSPS) is 15.3. The second-order valence-electron chi connectivity index (χ2n) is 6.15. The summed E-state index contributed by atoms with van der Waals surface area (Å²) in [5.41, 5.74) is 2.69. The number of hydrogen-bond donors (Lipinski definition) is 0. The van der Waals surface area contributed by atoms with Gasteiger partial charge in [0, 0.05) is 5.92 Å². The van der Waals surface area contributed by atoms with Crippen LogP contribution in [0.25, 0.3) is 0 Å². The second-order valence-corrected chi connectivity index (χ2v) is 6.15. The highest BCUT2D eigenvalue weighted by atomic mass is 16.5. The van der Waals surface area contributed by atoms with Gasteiger partial charge in [-0.25, -0.2) is 4.68 Å². The average Bonchev–Trinajstić information content (AvgIpc) is 3.00. The molecule has 0 N–H and O–H groups in total. The van der Waals surface area contributed by atoms with Gasteiger partial charge in [0.15, 0.2) is 5.69 Å². The minimum Gasteiger partial charge on any atom is -0.492 e. The fourth-order valence-corrected chi connectivity index (χ4v) is 3.23. The molecule has 1 aromatic heterocycles. The quantitative estimate of drug-likeness (QED) is 0.846. The van der Waals surface area contributed by atoms with E-state index >= 15 is 0 Å². The minimum absolute atomic E-state index is 0.410. The van der Waals surface area contributed by atoms with Crippen molar-refractivity contribution in [2.45, 2.75) is 51.5 Å². The summed E-state index contributed by atoms with van der Waals surface area (Å²) in [7, 11) is 0. The number of nitriles is 1. The summed E-state index contributed by atoms with van der Waals surface area (Å²) in [4.78, 5) is 0. The highest BCUT2D eigenvalue weighted by Gasteiger charge is 2.24. The Morgan fingerprint density at radius 1 is 1.22 bits per heavy atom. The SMILES string of the molecule is Cc1ccc(OCCn2nnc(C#N)c2C2CCCCC2)cc1. The van der Waals surface area contributed by atoms with Crippen molar-refractivity contribution in [1.29, 1.82) is 5.26 Å². The molecule has 120 valence electrons. The standard InChI is InChI=1S/C18H22N4O/c1-14-7-9-16(10-8-14)23-12-11-22-18(17(13-19)20-21-22)15-5-3-2-4-6-15/h7-10,15H,2-6,11-12H2,1H3. The molecule has 23 heavy (non-hydrogen) atoms. The molecule has 1 fully saturated rings. The van der Waals surface area contributed by atoms with Gasteiger partial charge in [-0.2, -0.15) is 5.26 Å². The second kappa shape index (κ2) is 7.28. The van der Waals surface area contributed by atoms with E-state index in [1.165, 1.54) is 24.8 Å².